The highest BCUT2D eigenvalue weighted by Crippen LogP contribution is 2.22. The van der Waals surface area contributed by atoms with Gasteiger partial charge in [0.15, 0.2) is 5.65 Å². The second-order valence-corrected chi connectivity index (χ2v) is 4.07. The number of nitrogens with zero attached hydrogens (tertiary/aromatic N) is 3. The molecule has 2 aromatic heterocycles. The Morgan fingerprint density at radius 1 is 1.53 bits per heavy atom. The van der Waals surface area contributed by atoms with Gasteiger partial charge in [0, 0.05) is 18.8 Å². The number of fused-ring (bicyclic) bond motifs is 1. The van der Waals surface area contributed by atoms with E-state index in [1.165, 1.54) is 0 Å². The van der Waals surface area contributed by atoms with E-state index in [4.69, 9.17) is 17.3 Å². The van der Waals surface area contributed by atoms with Gasteiger partial charge in [-0.2, -0.15) is 0 Å². The molecule has 0 atom stereocenters. The van der Waals surface area contributed by atoms with Crippen LogP contribution in [0.5, 0.6) is 0 Å². The average Bonchev–Trinajstić information content (AvgIpc) is 2.52. The van der Waals surface area contributed by atoms with Gasteiger partial charge >= 0.3 is 0 Å². The number of pyridine rings is 1. The lowest BCUT2D eigenvalue weighted by molar-refractivity contribution is 0.614. The third-order valence-electron chi connectivity index (χ3n) is 2.30. The van der Waals surface area contributed by atoms with Crippen molar-refractivity contribution < 1.29 is 0 Å². The maximum atomic E-state index is 6.04. The van der Waals surface area contributed by atoms with E-state index in [1.54, 1.807) is 6.20 Å². The molecular formula is C10H13ClN4. The van der Waals surface area contributed by atoms with Gasteiger partial charge in [0.05, 0.1) is 0 Å². The Morgan fingerprint density at radius 2 is 2.27 bits per heavy atom. The summed E-state index contributed by atoms with van der Waals surface area (Å²) in [6.07, 6.45) is 1.76. The monoisotopic (exact) mass is 224 g/mol. The van der Waals surface area contributed by atoms with Crippen LogP contribution in [0.4, 0.5) is 0 Å². The average molecular weight is 225 g/mol. The van der Waals surface area contributed by atoms with Gasteiger partial charge in [-0.3, -0.25) is 4.57 Å². The van der Waals surface area contributed by atoms with Crippen LogP contribution >= 0.6 is 11.6 Å². The fourth-order valence-electron chi connectivity index (χ4n) is 1.57. The Labute approximate surface area is 93.1 Å². The van der Waals surface area contributed by atoms with E-state index in [-0.39, 0.29) is 6.04 Å². The van der Waals surface area contributed by atoms with Crippen molar-refractivity contribution >= 4 is 22.8 Å². The first-order valence-corrected chi connectivity index (χ1v) is 5.23. The van der Waals surface area contributed by atoms with Crippen LogP contribution in [0.25, 0.3) is 11.2 Å². The third-order valence-corrected chi connectivity index (χ3v) is 2.56. The Morgan fingerprint density at radius 3 is 2.87 bits per heavy atom. The number of aromatic nitrogens is 3. The highest BCUT2D eigenvalue weighted by molar-refractivity contribution is 6.29. The molecule has 2 heterocycles. The van der Waals surface area contributed by atoms with Crippen molar-refractivity contribution in [1.82, 2.24) is 14.5 Å². The molecule has 2 aromatic rings. The molecule has 0 aliphatic heterocycles. The van der Waals surface area contributed by atoms with Gasteiger partial charge in [0.1, 0.15) is 5.52 Å². The van der Waals surface area contributed by atoms with Crippen LogP contribution in [0, 0.1) is 0 Å². The minimum Gasteiger partial charge on any atom is -0.326 e. The van der Waals surface area contributed by atoms with Gasteiger partial charge in [-0.1, -0.05) is 0 Å². The second kappa shape index (κ2) is 3.79. The van der Waals surface area contributed by atoms with Crippen LogP contribution in [0.2, 0.25) is 5.28 Å². The molecular weight excluding hydrogens is 212 g/mol. The van der Waals surface area contributed by atoms with Gasteiger partial charge in [0.2, 0.25) is 5.28 Å². The molecule has 0 amide bonds. The van der Waals surface area contributed by atoms with Gasteiger partial charge in [-0.15, -0.1) is 0 Å². The van der Waals surface area contributed by atoms with Crippen LogP contribution in [-0.2, 0) is 6.54 Å². The molecule has 0 radical (unpaired) electrons. The van der Waals surface area contributed by atoms with Gasteiger partial charge in [-0.25, -0.2) is 9.97 Å². The Kier molecular flexibility index (Phi) is 2.63. The smallest absolute Gasteiger partial charge is 0.205 e. The van der Waals surface area contributed by atoms with Crippen molar-refractivity contribution in [2.75, 3.05) is 0 Å². The molecule has 0 fully saturated rings. The fraction of sp³-hybridized carbons (Fsp3) is 0.400. The SMILES string of the molecule is CC(C)n1c(Cl)nc2cc(CN)cnc21. The molecule has 2 rings (SSSR count). The van der Waals surface area contributed by atoms with Crippen LogP contribution in [0.15, 0.2) is 12.3 Å². The first-order valence-electron chi connectivity index (χ1n) is 4.86. The van der Waals surface area contributed by atoms with Crippen molar-refractivity contribution in [1.29, 1.82) is 0 Å². The lowest BCUT2D eigenvalue weighted by atomic mass is 10.3. The summed E-state index contributed by atoms with van der Waals surface area (Å²) >= 11 is 6.04. The zero-order chi connectivity index (χ0) is 11.0. The molecule has 4 nitrogen and oxygen atoms in total. The molecule has 0 bridgehead atoms. The molecule has 0 aliphatic rings. The van der Waals surface area contributed by atoms with Crippen molar-refractivity contribution in [2.24, 2.45) is 5.73 Å². The van der Waals surface area contributed by atoms with Crippen LogP contribution < -0.4 is 5.73 Å². The number of rotatable bonds is 2. The maximum absolute atomic E-state index is 6.04. The van der Waals surface area contributed by atoms with E-state index in [0.717, 1.165) is 16.7 Å². The van der Waals surface area contributed by atoms with Crippen LogP contribution in [0.1, 0.15) is 25.5 Å². The summed E-state index contributed by atoms with van der Waals surface area (Å²) in [7, 11) is 0. The first-order chi connectivity index (χ1) is 7.13. The zero-order valence-corrected chi connectivity index (χ0v) is 9.49. The van der Waals surface area contributed by atoms with E-state index in [9.17, 15) is 0 Å². The Hall–Kier alpha value is -1.13. The number of halogens is 1. The summed E-state index contributed by atoms with van der Waals surface area (Å²) in [5.41, 5.74) is 8.12. The molecule has 0 aromatic carbocycles. The maximum Gasteiger partial charge on any atom is 0.205 e. The molecule has 0 aliphatic carbocycles. The quantitative estimate of drug-likeness (QED) is 0.850. The normalized spacial score (nSPS) is 11.5. The lowest BCUT2D eigenvalue weighted by Crippen LogP contribution is -2.02. The minimum absolute atomic E-state index is 0.249. The Bertz CT molecular complexity index is 489. The second-order valence-electron chi connectivity index (χ2n) is 3.74. The van der Waals surface area contributed by atoms with E-state index in [0.29, 0.717) is 11.8 Å². The minimum atomic E-state index is 0.249. The third kappa shape index (κ3) is 1.70. The van der Waals surface area contributed by atoms with Gasteiger partial charge in [0.25, 0.3) is 0 Å². The predicted octanol–water partition coefficient (Wildman–Crippen LogP) is 2.12. The van der Waals surface area contributed by atoms with Crippen molar-refractivity contribution in [3.05, 3.63) is 23.1 Å². The van der Waals surface area contributed by atoms with Crippen molar-refractivity contribution in [2.45, 2.75) is 26.4 Å². The molecule has 2 N–H and O–H groups in total. The highest BCUT2D eigenvalue weighted by atomic mass is 35.5. The molecule has 15 heavy (non-hydrogen) atoms. The van der Waals surface area contributed by atoms with Gasteiger partial charge in [-0.05, 0) is 37.1 Å². The number of hydrogen-bond acceptors (Lipinski definition) is 3. The van der Waals surface area contributed by atoms with E-state index < -0.39 is 0 Å². The molecule has 0 saturated heterocycles. The number of hydrogen-bond donors (Lipinski definition) is 1. The van der Waals surface area contributed by atoms with E-state index in [2.05, 4.69) is 9.97 Å². The summed E-state index contributed by atoms with van der Waals surface area (Å²) in [5.74, 6) is 0. The van der Waals surface area contributed by atoms with E-state index >= 15 is 0 Å². The van der Waals surface area contributed by atoms with E-state index in [1.807, 2.05) is 24.5 Å². The van der Waals surface area contributed by atoms with Gasteiger partial charge < -0.3 is 5.73 Å². The lowest BCUT2D eigenvalue weighted by Gasteiger charge is -2.08. The molecule has 0 saturated carbocycles. The van der Waals surface area contributed by atoms with Crippen molar-refractivity contribution in [3.8, 4) is 0 Å². The topological polar surface area (TPSA) is 56.7 Å². The number of imidazole rings is 1. The zero-order valence-electron chi connectivity index (χ0n) is 8.74. The summed E-state index contributed by atoms with van der Waals surface area (Å²) in [6, 6.07) is 2.17. The van der Waals surface area contributed by atoms with Crippen molar-refractivity contribution in [3.63, 3.8) is 0 Å². The molecule has 0 spiro atoms. The predicted molar refractivity (Wildman–Crippen MR) is 60.8 cm³/mol. The molecule has 5 heteroatoms. The standard InChI is InChI=1S/C10H13ClN4/c1-6(2)15-9-8(14-10(15)11)3-7(4-12)5-13-9/h3,5-6H,4,12H2,1-2H3. The number of nitrogens with two attached hydrogens (primary N) is 1. The largest absolute Gasteiger partial charge is 0.326 e. The van der Waals surface area contributed by atoms with Crippen LogP contribution in [0.3, 0.4) is 0 Å². The summed E-state index contributed by atoms with van der Waals surface area (Å²) < 4.78 is 1.90. The summed E-state index contributed by atoms with van der Waals surface area (Å²) in [5, 5.41) is 0.474. The molecule has 80 valence electrons. The highest BCUT2D eigenvalue weighted by Gasteiger charge is 2.12. The fourth-order valence-corrected chi connectivity index (χ4v) is 1.93. The molecule has 0 unspecified atom stereocenters. The first kappa shape index (κ1) is 10.4. The van der Waals surface area contributed by atoms with Crippen LogP contribution in [-0.4, -0.2) is 14.5 Å². The summed E-state index contributed by atoms with van der Waals surface area (Å²) in [6.45, 7) is 4.56. The summed E-state index contributed by atoms with van der Waals surface area (Å²) in [4.78, 5) is 8.58. The Balaban J connectivity index is 2.68.